The van der Waals surface area contributed by atoms with E-state index in [0.717, 1.165) is 38.9 Å². The van der Waals surface area contributed by atoms with Gasteiger partial charge in [0.1, 0.15) is 11.6 Å². The Labute approximate surface area is 135 Å². The Morgan fingerprint density at radius 1 is 1.30 bits per heavy atom. The summed E-state index contributed by atoms with van der Waals surface area (Å²) >= 11 is 0. The minimum atomic E-state index is -0.506. The van der Waals surface area contributed by atoms with Gasteiger partial charge >= 0.3 is 0 Å². The summed E-state index contributed by atoms with van der Waals surface area (Å²) in [5.41, 5.74) is 0.111. The van der Waals surface area contributed by atoms with Gasteiger partial charge in [-0.3, -0.25) is 9.69 Å². The van der Waals surface area contributed by atoms with Crippen molar-refractivity contribution in [3.8, 4) is 0 Å². The number of likely N-dealkylation sites (tertiary alicyclic amines) is 1. The minimum Gasteiger partial charge on any atom is -0.352 e. The summed E-state index contributed by atoms with van der Waals surface area (Å²) in [4.78, 5) is 14.2. The van der Waals surface area contributed by atoms with Crippen molar-refractivity contribution >= 4 is 5.91 Å². The van der Waals surface area contributed by atoms with Crippen molar-refractivity contribution in [3.63, 3.8) is 0 Å². The zero-order valence-corrected chi connectivity index (χ0v) is 13.2. The van der Waals surface area contributed by atoms with Crippen molar-refractivity contribution in [1.29, 1.82) is 0 Å². The van der Waals surface area contributed by atoms with Gasteiger partial charge in [-0.15, -0.1) is 0 Å². The average Bonchev–Trinajstić information content (AvgIpc) is 3.06. The zero-order chi connectivity index (χ0) is 16.2. The second kappa shape index (κ2) is 7.36. The smallest absolute Gasteiger partial charge is 0.224 e. The largest absolute Gasteiger partial charge is 0.352 e. The average molecular weight is 323 g/mol. The molecule has 0 radical (unpaired) electrons. The first-order chi connectivity index (χ1) is 11.1. The molecule has 3 rings (SSSR count). The Morgan fingerprint density at radius 2 is 2.09 bits per heavy atom. The first-order valence-corrected chi connectivity index (χ1v) is 8.30. The number of hydrogen-bond acceptors (Lipinski definition) is 3. The van der Waals surface area contributed by atoms with Crippen LogP contribution in [0.3, 0.4) is 0 Å². The molecule has 1 amide bonds. The van der Waals surface area contributed by atoms with Crippen LogP contribution >= 0.6 is 0 Å². The highest BCUT2D eigenvalue weighted by Crippen LogP contribution is 2.19. The van der Waals surface area contributed by atoms with Gasteiger partial charge in [-0.1, -0.05) is 6.07 Å². The fraction of sp³-hybridized carbons (Fsp3) is 0.588. The van der Waals surface area contributed by atoms with Crippen LogP contribution in [0.5, 0.6) is 0 Å². The van der Waals surface area contributed by atoms with Crippen LogP contribution in [-0.2, 0) is 11.3 Å². The van der Waals surface area contributed by atoms with Gasteiger partial charge in [-0.05, 0) is 44.5 Å². The van der Waals surface area contributed by atoms with Crippen molar-refractivity contribution < 1.29 is 13.6 Å². The van der Waals surface area contributed by atoms with Gasteiger partial charge in [0, 0.05) is 31.2 Å². The Balaban J connectivity index is 1.56. The lowest BCUT2D eigenvalue weighted by atomic mass is 10.0. The summed E-state index contributed by atoms with van der Waals surface area (Å²) < 4.78 is 27.5. The molecule has 2 unspecified atom stereocenters. The second-order valence-corrected chi connectivity index (χ2v) is 6.47. The zero-order valence-electron chi connectivity index (χ0n) is 13.2. The molecule has 0 saturated carbocycles. The lowest BCUT2D eigenvalue weighted by Gasteiger charge is -2.33. The molecule has 2 N–H and O–H groups in total. The number of amides is 1. The summed E-state index contributed by atoms with van der Waals surface area (Å²) in [5.74, 6) is -0.866. The Bertz CT molecular complexity index is 541. The molecule has 2 aliphatic heterocycles. The summed E-state index contributed by atoms with van der Waals surface area (Å²) in [6.45, 7) is 3.31. The van der Waals surface area contributed by atoms with E-state index in [1.54, 1.807) is 0 Å². The van der Waals surface area contributed by atoms with Crippen LogP contribution in [0.4, 0.5) is 8.78 Å². The Morgan fingerprint density at radius 3 is 2.78 bits per heavy atom. The van der Waals surface area contributed by atoms with Gasteiger partial charge in [0.25, 0.3) is 0 Å². The first kappa shape index (κ1) is 16.3. The third kappa shape index (κ3) is 4.06. The van der Waals surface area contributed by atoms with E-state index < -0.39 is 11.6 Å². The number of halogens is 2. The molecule has 2 aliphatic rings. The molecule has 0 aliphatic carbocycles. The van der Waals surface area contributed by atoms with Crippen LogP contribution in [0.25, 0.3) is 0 Å². The van der Waals surface area contributed by atoms with Gasteiger partial charge in [0.05, 0.1) is 5.92 Å². The number of rotatable bonds is 4. The summed E-state index contributed by atoms with van der Waals surface area (Å²) in [6.07, 6.45) is 2.72. The fourth-order valence-corrected chi connectivity index (χ4v) is 3.42. The van der Waals surface area contributed by atoms with E-state index in [1.807, 2.05) is 4.90 Å². The highest BCUT2D eigenvalue weighted by molar-refractivity contribution is 5.79. The quantitative estimate of drug-likeness (QED) is 0.886. The highest BCUT2D eigenvalue weighted by atomic mass is 19.1. The summed E-state index contributed by atoms with van der Waals surface area (Å²) in [7, 11) is 0. The molecular weight excluding hydrogens is 300 g/mol. The SMILES string of the molecule is O=C(NC1CCCN(Cc2c(F)cccc2F)C1)C1CCNC1. The van der Waals surface area contributed by atoms with Gasteiger partial charge in [0.2, 0.25) is 5.91 Å². The van der Waals surface area contributed by atoms with Crippen LogP contribution in [0.15, 0.2) is 18.2 Å². The molecule has 2 fully saturated rings. The number of nitrogens with zero attached hydrogens (tertiary/aromatic N) is 1. The van der Waals surface area contributed by atoms with Crippen LogP contribution in [0.2, 0.25) is 0 Å². The predicted octanol–water partition coefficient (Wildman–Crippen LogP) is 1.65. The number of carbonyl (C=O) groups is 1. The van der Waals surface area contributed by atoms with Gasteiger partial charge in [-0.25, -0.2) is 8.78 Å². The molecular formula is C17H23F2N3O. The molecule has 2 heterocycles. The van der Waals surface area contributed by atoms with Gasteiger partial charge in [0.15, 0.2) is 0 Å². The maximum Gasteiger partial charge on any atom is 0.224 e. The topological polar surface area (TPSA) is 44.4 Å². The van der Waals surface area contributed by atoms with Crippen molar-refractivity contribution in [2.45, 2.75) is 31.8 Å². The van der Waals surface area contributed by atoms with Gasteiger partial charge < -0.3 is 10.6 Å². The van der Waals surface area contributed by atoms with Crippen molar-refractivity contribution in [2.75, 3.05) is 26.2 Å². The molecule has 4 nitrogen and oxygen atoms in total. The number of benzene rings is 1. The van der Waals surface area contributed by atoms with Crippen molar-refractivity contribution in [2.24, 2.45) is 5.92 Å². The highest BCUT2D eigenvalue weighted by Gasteiger charge is 2.27. The second-order valence-electron chi connectivity index (χ2n) is 6.47. The van der Waals surface area contributed by atoms with Gasteiger partial charge in [-0.2, -0.15) is 0 Å². The molecule has 0 aromatic heterocycles. The normalized spacial score (nSPS) is 25.5. The maximum atomic E-state index is 13.8. The third-order valence-electron chi connectivity index (χ3n) is 4.73. The lowest BCUT2D eigenvalue weighted by Crippen LogP contribution is -2.49. The molecule has 2 saturated heterocycles. The number of hydrogen-bond donors (Lipinski definition) is 2. The van der Waals surface area contributed by atoms with E-state index in [-0.39, 0.29) is 30.0 Å². The molecule has 0 spiro atoms. The van der Waals surface area contributed by atoms with Crippen molar-refractivity contribution in [3.05, 3.63) is 35.4 Å². The molecule has 126 valence electrons. The van der Waals surface area contributed by atoms with E-state index in [1.165, 1.54) is 18.2 Å². The molecule has 2 atom stereocenters. The number of piperidine rings is 1. The van der Waals surface area contributed by atoms with E-state index in [0.29, 0.717) is 6.54 Å². The van der Waals surface area contributed by atoms with Crippen LogP contribution in [0, 0.1) is 17.6 Å². The monoisotopic (exact) mass is 323 g/mol. The van der Waals surface area contributed by atoms with Crippen LogP contribution < -0.4 is 10.6 Å². The molecule has 1 aromatic carbocycles. The minimum absolute atomic E-state index is 0.0504. The Kier molecular flexibility index (Phi) is 5.23. The molecule has 0 bridgehead atoms. The molecule has 6 heteroatoms. The molecule has 23 heavy (non-hydrogen) atoms. The maximum absolute atomic E-state index is 13.8. The number of carbonyl (C=O) groups excluding carboxylic acids is 1. The van der Waals surface area contributed by atoms with Crippen LogP contribution in [-0.4, -0.2) is 43.0 Å². The predicted molar refractivity (Wildman–Crippen MR) is 83.8 cm³/mol. The lowest BCUT2D eigenvalue weighted by molar-refractivity contribution is -0.125. The Hall–Kier alpha value is -1.53. The fourth-order valence-electron chi connectivity index (χ4n) is 3.42. The summed E-state index contributed by atoms with van der Waals surface area (Å²) in [6, 6.07) is 4.01. The summed E-state index contributed by atoms with van der Waals surface area (Å²) in [5, 5.41) is 6.29. The first-order valence-electron chi connectivity index (χ1n) is 8.30. The van der Waals surface area contributed by atoms with Crippen LogP contribution in [0.1, 0.15) is 24.8 Å². The van der Waals surface area contributed by atoms with E-state index >= 15 is 0 Å². The van der Waals surface area contributed by atoms with Crippen molar-refractivity contribution in [1.82, 2.24) is 15.5 Å². The standard InChI is InChI=1S/C17H23F2N3O/c18-15-4-1-5-16(19)14(15)11-22-8-2-3-13(10-22)21-17(23)12-6-7-20-9-12/h1,4-5,12-13,20H,2-3,6-11H2,(H,21,23). The molecule has 1 aromatic rings. The van der Waals surface area contributed by atoms with E-state index in [4.69, 9.17) is 0 Å². The van der Waals surface area contributed by atoms with E-state index in [2.05, 4.69) is 10.6 Å². The third-order valence-corrected chi connectivity index (χ3v) is 4.73. The number of nitrogens with one attached hydrogen (secondary N) is 2. The van der Waals surface area contributed by atoms with E-state index in [9.17, 15) is 13.6 Å².